The van der Waals surface area contributed by atoms with Crippen molar-refractivity contribution in [1.82, 2.24) is 15.1 Å². The summed E-state index contributed by atoms with van der Waals surface area (Å²) in [6.07, 6.45) is 2.24. The number of ether oxygens (including phenoxy) is 1. The van der Waals surface area contributed by atoms with Crippen LogP contribution in [0, 0.1) is 0 Å². The van der Waals surface area contributed by atoms with Gasteiger partial charge >= 0.3 is 5.97 Å². The molecule has 1 aliphatic carbocycles. The smallest absolute Gasteiger partial charge is 0.354 e. The van der Waals surface area contributed by atoms with E-state index >= 15 is 0 Å². The summed E-state index contributed by atoms with van der Waals surface area (Å²) in [6, 6.07) is 3.35. The van der Waals surface area contributed by atoms with E-state index < -0.39 is 5.97 Å². The van der Waals surface area contributed by atoms with E-state index in [0.29, 0.717) is 23.2 Å². The Kier molecular flexibility index (Phi) is 2.21. The van der Waals surface area contributed by atoms with Gasteiger partial charge < -0.3 is 14.2 Å². The number of esters is 1. The topological polar surface area (TPSA) is 81.0 Å². The zero-order valence-electron chi connectivity index (χ0n) is 9.27. The minimum absolute atomic E-state index is 0.369. The van der Waals surface area contributed by atoms with Gasteiger partial charge in [-0.25, -0.2) is 4.79 Å². The monoisotopic (exact) mass is 233 g/mol. The molecule has 6 heteroatoms. The molecule has 1 aliphatic rings. The highest BCUT2D eigenvalue weighted by Crippen LogP contribution is 2.38. The molecule has 1 fully saturated rings. The lowest BCUT2D eigenvalue weighted by molar-refractivity contribution is 0.0595. The first-order valence-corrected chi connectivity index (χ1v) is 5.39. The van der Waals surface area contributed by atoms with E-state index in [-0.39, 0.29) is 0 Å². The van der Waals surface area contributed by atoms with E-state index in [1.54, 1.807) is 12.1 Å². The van der Waals surface area contributed by atoms with Crippen LogP contribution in [-0.4, -0.2) is 28.2 Å². The van der Waals surface area contributed by atoms with E-state index in [4.69, 9.17) is 4.52 Å². The van der Waals surface area contributed by atoms with Crippen LogP contribution < -0.4 is 0 Å². The maximum Gasteiger partial charge on any atom is 0.354 e. The SMILES string of the molecule is COC(=O)c1ccc(-c2nc(C3CC3)no2)[nH]1. The number of nitrogens with one attached hydrogen (secondary N) is 1. The number of nitrogens with zero attached hydrogens (tertiary/aromatic N) is 2. The molecule has 0 aromatic carbocycles. The molecule has 2 heterocycles. The van der Waals surface area contributed by atoms with Gasteiger partial charge in [0.05, 0.1) is 7.11 Å². The molecule has 3 rings (SSSR count). The summed E-state index contributed by atoms with van der Waals surface area (Å²) >= 11 is 0. The molecule has 1 N–H and O–H groups in total. The summed E-state index contributed by atoms with van der Waals surface area (Å²) in [6.45, 7) is 0. The Bertz CT molecular complexity index is 554. The predicted molar refractivity (Wildman–Crippen MR) is 57.4 cm³/mol. The largest absolute Gasteiger partial charge is 0.464 e. The molecule has 0 saturated heterocycles. The van der Waals surface area contributed by atoms with Gasteiger partial charge in [0.25, 0.3) is 5.89 Å². The quantitative estimate of drug-likeness (QED) is 0.816. The Balaban J connectivity index is 1.86. The average molecular weight is 233 g/mol. The molecule has 6 nitrogen and oxygen atoms in total. The number of carbonyl (C=O) groups excluding carboxylic acids is 1. The fourth-order valence-electron chi connectivity index (χ4n) is 1.60. The Morgan fingerprint density at radius 2 is 2.35 bits per heavy atom. The molecule has 0 unspecified atom stereocenters. The fraction of sp³-hybridized carbons (Fsp3) is 0.364. The number of aromatic amines is 1. The highest BCUT2D eigenvalue weighted by atomic mass is 16.5. The molecule has 0 bridgehead atoms. The van der Waals surface area contributed by atoms with Gasteiger partial charge in [-0.1, -0.05) is 5.16 Å². The summed E-state index contributed by atoms with van der Waals surface area (Å²) in [4.78, 5) is 18.4. The first kappa shape index (κ1) is 10.1. The van der Waals surface area contributed by atoms with E-state index in [1.165, 1.54) is 7.11 Å². The molecular weight excluding hydrogens is 222 g/mol. The van der Waals surface area contributed by atoms with Gasteiger partial charge in [0, 0.05) is 5.92 Å². The lowest BCUT2D eigenvalue weighted by Crippen LogP contribution is -2.00. The standard InChI is InChI=1S/C11H11N3O3/c1-16-11(15)8-5-4-7(12-8)10-13-9(14-17-10)6-2-3-6/h4-6,12H,2-3H2,1H3. The second kappa shape index (κ2) is 3.73. The van der Waals surface area contributed by atoms with Gasteiger partial charge in [0.2, 0.25) is 0 Å². The summed E-state index contributed by atoms with van der Waals surface area (Å²) in [5.41, 5.74) is 0.999. The van der Waals surface area contributed by atoms with Crippen molar-refractivity contribution in [2.24, 2.45) is 0 Å². The van der Waals surface area contributed by atoms with Crippen molar-refractivity contribution in [2.75, 3.05) is 7.11 Å². The molecule has 0 spiro atoms. The van der Waals surface area contributed by atoms with Crippen molar-refractivity contribution in [3.63, 3.8) is 0 Å². The van der Waals surface area contributed by atoms with Gasteiger partial charge in [0.1, 0.15) is 11.4 Å². The molecule has 0 amide bonds. The van der Waals surface area contributed by atoms with Crippen LogP contribution in [0.15, 0.2) is 16.7 Å². The van der Waals surface area contributed by atoms with Crippen molar-refractivity contribution in [3.8, 4) is 11.6 Å². The highest BCUT2D eigenvalue weighted by Gasteiger charge is 2.29. The molecule has 2 aromatic rings. The Labute approximate surface area is 97.0 Å². The van der Waals surface area contributed by atoms with Crippen molar-refractivity contribution in [1.29, 1.82) is 0 Å². The third-order valence-corrected chi connectivity index (χ3v) is 2.71. The molecule has 1 saturated carbocycles. The van der Waals surface area contributed by atoms with Gasteiger partial charge in [-0.2, -0.15) is 4.98 Å². The van der Waals surface area contributed by atoms with E-state index in [1.807, 2.05) is 0 Å². The van der Waals surface area contributed by atoms with E-state index in [2.05, 4.69) is 19.9 Å². The molecule has 2 aromatic heterocycles. The Hall–Kier alpha value is -2.11. The number of H-pyrrole nitrogens is 1. The minimum Gasteiger partial charge on any atom is -0.464 e. The number of hydrogen-bond acceptors (Lipinski definition) is 5. The van der Waals surface area contributed by atoms with Crippen molar-refractivity contribution in [2.45, 2.75) is 18.8 Å². The van der Waals surface area contributed by atoms with Crippen molar-refractivity contribution >= 4 is 5.97 Å². The summed E-state index contributed by atoms with van der Waals surface area (Å²) in [5.74, 6) is 1.18. The third kappa shape index (κ3) is 1.82. The maximum atomic E-state index is 11.3. The number of methoxy groups -OCH3 is 1. The van der Waals surface area contributed by atoms with Crippen LogP contribution in [0.2, 0.25) is 0 Å². The van der Waals surface area contributed by atoms with E-state index in [9.17, 15) is 4.79 Å². The molecule has 88 valence electrons. The van der Waals surface area contributed by atoms with E-state index in [0.717, 1.165) is 18.7 Å². The second-order valence-electron chi connectivity index (χ2n) is 4.01. The number of rotatable bonds is 3. The van der Waals surface area contributed by atoms with Crippen molar-refractivity contribution < 1.29 is 14.1 Å². The second-order valence-corrected chi connectivity index (χ2v) is 4.01. The minimum atomic E-state index is -0.418. The first-order chi connectivity index (χ1) is 8.28. The molecule has 17 heavy (non-hydrogen) atoms. The molecule has 0 atom stereocenters. The van der Waals surface area contributed by atoms with Gasteiger partial charge in [-0.3, -0.25) is 0 Å². The summed E-state index contributed by atoms with van der Waals surface area (Å²) in [7, 11) is 1.33. The van der Waals surface area contributed by atoms with Gasteiger partial charge in [0.15, 0.2) is 5.82 Å². The van der Waals surface area contributed by atoms with Crippen LogP contribution in [0.4, 0.5) is 0 Å². The predicted octanol–water partition coefficient (Wildman–Crippen LogP) is 1.73. The zero-order chi connectivity index (χ0) is 11.8. The fourth-order valence-corrected chi connectivity index (χ4v) is 1.60. The number of hydrogen-bond donors (Lipinski definition) is 1. The van der Waals surface area contributed by atoms with Crippen LogP contribution in [0.5, 0.6) is 0 Å². The molecule has 0 aliphatic heterocycles. The zero-order valence-corrected chi connectivity index (χ0v) is 9.27. The number of aromatic nitrogens is 3. The Morgan fingerprint density at radius 3 is 3.06 bits per heavy atom. The first-order valence-electron chi connectivity index (χ1n) is 5.39. The lowest BCUT2D eigenvalue weighted by atomic mass is 10.4. The van der Waals surface area contributed by atoms with Crippen LogP contribution in [-0.2, 0) is 4.74 Å². The number of carbonyl (C=O) groups is 1. The third-order valence-electron chi connectivity index (χ3n) is 2.71. The molecular formula is C11H11N3O3. The summed E-state index contributed by atoms with van der Waals surface area (Å²) < 4.78 is 9.74. The maximum absolute atomic E-state index is 11.3. The van der Waals surface area contributed by atoms with Gasteiger partial charge in [-0.15, -0.1) is 0 Å². The van der Waals surface area contributed by atoms with Crippen molar-refractivity contribution in [3.05, 3.63) is 23.7 Å². The Morgan fingerprint density at radius 1 is 1.53 bits per heavy atom. The van der Waals surface area contributed by atoms with Crippen LogP contribution in [0.3, 0.4) is 0 Å². The molecule has 0 radical (unpaired) electrons. The average Bonchev–Trinajstić information content (AvgIpc) is 2.91. The lowest BCUT2D eigenvalue weighted by Gasteiger charge is -1.93. The van der Waals surface area contributed by atoms with Gasteiger partial charge in [-0.05, 0) is 25.0 Å². The normalized spacial score (nSPS) is 14.9. The van der Waals surface area contributed by atoms with Crippen LogP contribution in [0.1, 0.15) is 35.1 Å². The van der Waals surface area contributed by atoms with Crippen LogP contribution in [0.25, 0.3) is 11.6 Å². The summed E-state index contributed by atoms with van der Waals surface area (Å²) in [5, 5.41) is 3.91. The van der Waals surface area contributed by atoms with Crippen LogP contribution >= 0.6 is 0 Å². The highest BCUT2D eigenvalue weighted by molar-refractivity contribution is 5.88.